The molecule has 0 radical (unpaired) electrons. The number of rotatable bonds is 8. The van der Waals surface area contributed by atoms with Gasteiger partial charge in [-0.3, -0.25) is 29.4 Å². The lowest BCUT2D eigenvalue weighted by Gasteiger charge is -2.65. The number of hydrogen-bond donors (Lipinski definition) is 1. The summed E-state index contributed by atoms with van der Waals surface area (Å²) in [6, 6.07) is 19.0. The van der Waals surface area contributed by atoms with Crippen LogP contribution in [0.3, 0.4) is 0 Å². The highest BCUT2D eigenvalue weighted by Gasteiger charge is 2.67. The van der Waals surface area contributed by atoms with Gasteiger partial charge in [0.15, 0.2) is 0 Å². The molecule has 13 heteroatoms. The van der Waals surface area contributed by atoms with E-state index in [4.69, 9.17) is 16.3 Å². The predicted molar refractivity (Wildman–Crippen MR) is 224 cm³/mol. The number of nitriles is 1. The Labute approximate surface area is 351 Å². The largest absolute Gasteiger partial charge is 0.488 e. The summed E-state index contributed by atoms with van der Waals surface area (Å²) in [4.78, 5) is 62.3. The van der Waals surface area contributed by atoms with E-state index in [1.54, 1.807) is 23.1 Å². The summed E-state index contributed by atoms with van der Waals surface area (Å²) in [6.45, 7) is 16.5. The lowest BCUT2D eigenvalue weighted by Crippen LogP contribution is -2.74. The molecule has 1 N–H and O–H groups in total. The Morgan fingerprint density at radius 1 is 0.763 bits per heavy atom. The van der Waals surface area contributed by atoms with Crippen LogP contribution in [-0.4, -0.2) is 102 Å². The fraction of sp³-hybridized carbons (Fsp3) is 0.500. The first kappa shape index (κ1) is 39.3. The van der Waals surface area contributed by atoms with Gasteiger partial charge in [-0.2, -0.15) is 5.26 Å². The van der Waals surface area contributed by atoms with Gasteiger partial charge in [0.05, 0.1) is 16.7 Å². The molecule has 4 fully saturated rings. The first-order valence-electron chi connectivity index (χ1n) is 21.0. The molecule has 5 aliphatic heterocycles. The molecule has 1 unspecified atom stereocenters. The Morgan fingerprint density at radius 3 is 1.95 bits per heavy atom. The number of imide groups is 1. The van der Waals surface area contributed by atoms with E-state index in [0.717, 1.165) is 81.0 Å². The van der Waals surface area contributed by atoms with Gasteiger partial charge < -0.3 is 24.3 Å². The molecule has 59 heavy (non-hydrogen) atoms. The normalized spacial score (nSPS) is 25.4. The molecule has 9 rings (SSSR count). The molecule has 6 aliphatic rings. The Hall–Kier alpha value is -5.12. The Balaban J connectivity index is 0.761. The summed E-state index contributed by atoms with van der Waals surface area (Å²) in [5.74, 6) is 0.462. The van der Waals surface area contributed by atoms with E-state index in [-0.39, 0.29) is 53.0 Å². The number of anilines is 2. The van der Waals surface area contributed by atoms with E-state index >= 15 is 0 Å². The zero-order valence-corrected chi connectivity index (χ0v) is 35.1. The summed E-state index contributed by atoms with van der Waals surface area (Å²) in [5.41, 5.74) is 5.58. The smallest absolute Gasteiger partial charge is 0.255 e. The van der Waals surface area contributed by atoms with Crippen molar-refractivity contribution in [1.82, 2.24) is 20.0 Å². The summed E-state index contributed by atoms with van der Waals surface area (Å²) in [7, 11) is 0. The van der Waals surface area contributed by atoms with Crippen molar-refractivity contribution >= 4 is 46.6 Å². The molecule has 308 valence electrons. The van der Waals surface area contributed by atoms with Crippen LogP contribution < -0.4 is 19.9 Å². The van der Waals surface area contributed by atoms with Crippen molar-refractivity contribution in [1.29, 1.82) is 5.26 Å². The quantitative estimate of drug-likeness (QED) is 0.279. The van der Waals surface area contributed by atoms with Crippen LogP contribution >= 0.6 is 11.6 Å². The number of piperazine rings is 1. The maximum atomic E-state index is 13.9. The number of nitrogens with one attached hydrogen (secondary N) is 1. The highest BCUT2D eigenvalue weighted by molar-refractivity contribution is 6.32. The third-order valence-electron chi connectivity index (χ3n) is 14.0. The molecule has 5 heterocycles. The maximum absolute atomic E-state index is 13.9. The van der Waals surface area contributed by atoms with Gasteiger partial charge in [0, 0.05) is 105 Å². The number of fused-ring (bicyclic) bond motifs is 2. The minimum absolute atomic E-state index is 0.0324. The monoisotopic (exact) mass is 817 g/mol. The second-order valence-electron chi connectivity index (χ2n) is 18.5. The van der Waals surface area contributed by atoms with E-state index in [9.17, 15) is 24.4 Å². The van der Waals surface area contributed by atoms with Crippen molar-refractivity contribution in [3.63, 3.8) is 0 Å². The zero-order chi connectivity index (χ0) is 41.4. The van der Waals surface area contributed by atoms with Crippen molar-refractivity contribution in [2.24, 2.45) is 16.7 Å². The first-order valence-corrected chi connectivity index (χ1v) is 21.4. The third kappa shape index (κ3) is 6.90. The highest BCUT2D eigenvalue weighted by Crippen LogP contribution is 2.59. The SMILES string of the molecule is CC1(C)C(Oc2ccc(C#N)cc2Cl)C(C)(C)C1N1Cc2cc(N3CCC(CN4CCN(c5ccc6c(c5)CN(C5CCC(=O)NC5=O)C6=O)CC4)CC3)ccc2C1=O. The molecule has 12 nitrogen and oxygen atoms in total. The topological polar surface area (TPSA) is 130 Å². The molecule has 0 aromatic heterocycles. The van der Waals surface area contributed by atoms with Crippen LogP contribution in [0.2, 0.25) is 5.02 Å². The van der Waals surface area contributed by atoms with Crippen molar-refractivity contribution < 1.29 is 23.9 Å². The molecular weight excluding hydrogens is 766 g/mol. The molecule has 3 aromatic rings. The van der Waals surface area contributed by atoms with Crippen molar-refractivity contribution in [2.45, 2.75) is 84.7 Å². The van der Waals surface area contributed by atoms with Crippen LogP contribution in [0.5, 0.6) is 5.75 Å². The summed E-state index contributed by atoms with van der Waals surface area (Å²) >= 11 is 6.49. The number of nitrogens with zero attached hydrogens (tertiary/aromatic N) is 6. The zero-order valence-electron chi connectivity index (χ0n) is 34.3. The average Bonchev–Trinajstić information content (AvgIpc) is 3.71. The summed E-state index contributed by atoms with van der Waals surface area (Å²) < 4.78 is 6.51. The lowest BCUT2D eigenvalue weighted by molar-refractivity contribution is -0.199. The number of amides is 4. The van der Waals surface area contributed by atoms with Crippen molar-refractivity contribution in [2.75, 3.05) is 55.6 Å². The summed E-state index contributed by atoms with van der Waals surface area (Å²) in [5, 5.41) is 12.0. The molecule has 4 amide bonds. The molecule has 0 bridgehead atoms. The van der Waals surface area contributed by atoms with Crippen molar-refractivity contribution in [3.8, 4) is 11.8 Å². The van der Waals surface area contributed by atoms with E-state index in [0.29, 0.717) is 47.3 Å². The van der Waals surface area contributed by atoms with Gasteiger partial charge in [-0.25, -0.2) is 0 Å². The third-order valence-corrected chi connectivity index (χ3v) is 14.3. The minimum atomic E-state index is -0.603. The highest BCUT2D eigenvalue weighted by atomic mass is 35.5. The predicted octanol–water partition coefficient (Wildman–Crippen LogP) is 5.85. The van der Waals surface area contributed by atoms with Gasteiger partial charge >= 0.3 is 0 Å². The van der Waals surface area contributed by atoms with E-state index < -0.39 is 6.04 Å². The average molecular weight is 818 g/mol. The van der Waals surface area contributed by atoms with Crippen molar-refractivity contribution in [3.05, 3.63) is 87.4 Å². The summed E-state index contributed by atoms with van der Waals surface area (Å²) in [6.07, 6.45) is 2.69. The van der Waals surface area contributed by atoms with E-state index in [1.807, 2.05) is 23.1 Å². The van der Waals surface area contributed by atoms with Gasteiger partial charge in [-0.15, -0.1) is 0 Å². The Bertz CT molecular complexity index is 2250. The fourth-order valence-corrected chi connectivity index (χ4v) is 11.7. The number of piperidine rings is 2. The van der Waals surface area contributed by atoms with E-state index in [2.05, 4.69) is 72.0 Å². The van der Waals surface area contributed by atoms with Crippen LogP contribution in [0.1, 0.15) is 90.8 Å². The van der Waals surface area contributed by atoms with Gasteiger partial charge in [0.1, 0.15) is 17.9 Å². The number of hydrogen-bond acceptors (Lipinski definition) is 9. The second kappa shape index (κ2) is 14.9. The number of halogens is 1. The lowest BCUT2D eigenvalue weighted by atomic mass is 9.49. The van der Waals surface area contributed by atoms with Gasteiger partial charge in [0.25, 0.3) is 11.8 Å². The first-order chi connectivity index (χ1) is 28.2. The molecule has 1 saturated carbocycles. The van der Waals surface area contributed by atoms with Crippen LogP contribution in [0.25, 0.3) is 0 Å². The van der Waals surface area contributed by atoms with Gasteiger partial charge in [-0.1, -0.05) is 39.3 Å². The fourth-order valence-electron chi connectivity index (χ4n) is 11.4. The Kier molecular flexibility index (Phi) is 9.91. The number of carbonyl (C=O) groups is 4. The number of carbonyl (C=O) groups excluding carboxylic acids is 4. The molecule has 3 aromatic carbocycles. The molecule has 3 saturated heterocycles. The molecule has 0 spiro atoms. The van der Waals surface area contributed by atoms with Gasteiger partial charge in [0.2, 0.25) is 11.8 Å². The molecule has 1 atom stereocenters. The number of benzene rings is 3. The maximum Gasteiger partial charge on any atom is 0.255 e. The van der Waals surface area contributed by atoms with Gasteiger partial charge in [-0.05, 0) is 90.9 Å². The minimum Gasteiger partial charge on any atom is -0.488 e. The number of ether oxygens (including phenoxy) is 1. The van der Waals surface area contributed by atoms with Crippen LogP contribution in [0.4, 0.5) is 11.4 Å². The van der Waals surface area contributed by atoms with Crippen LogP contribution in [-0.2, 0) is 22.7 Å². The van der Waals surface area contributed by atoms with Crippen LogP contribution in [0, 0.1) is 28.1 Å². The second-order valence-corrected chi connectivity index (χ2v) is 18.9. The van der Waals surface area contributed by atoms with E-state index in [1.165, 1.54) is 5.69 Å². The molecule has 1 aliphatic carbocycles. The Morgan fingerprint density at radius 2 is 1.36 bits per heavy atom. The standard InChI is InChI=1S/C46H52ClN7O5/c1-45(2)43(46(3,4)44(45)59-38-11-5-29(24-48)21-36(38)47)54-27-31-23-32(6-9-35(31)42(54)58)51-15-13-28(14-16-51)25-50-17-19-52(20-18-50)33-7-8-34-30(22-33)26-53(41(34)57)37-10-12-39(55)49-40(37)56/h5-9,11,21-23,28,37,43-44H,10,12-20,25-27H2,1-4H3,(H,49,55,56). The molecular formula is C46H52ClN7O5. The van der Waals surface area contributed by atoms with Crippen LogP contribution in [0.15, 0.2) is 54.6 Å².